The van der Waals surface area contributed by atoms with Crippen LogP contribution in [0.1, 0.15) is 60.8 Å². The van der Waals surface area contributed by atoms with Gasteiger partial charge in [0.15, 0.2) is 0 Å². The van der Waals surface area contributed by atoms with E-state index in [-0.39, 0.29) is 53.7 Å². The number of carbonyl (C=O) groups is 3. The second kappa shape index (κ2) is 5.66. The van der Waals surface area contributed by atoms with E-state index in [0.717, 1.165) is 6.42 Å². The van der Waals surface area contributed by atoms with Crippen molar-refractivity contribution in [1.29, 1.82) is 0 Å². The molecule has 1 fully saturated rings. The number of Topliss-reactive ketones (excluding diaryl/α,β-unsaturated/α-hetero) is 1. The first-order valence-electron chi connectivity index (χ1n) is 7.38. The van der Waals surface area contributed by atoms with Crippen molar-refractivity contribution >= 4 is 17.6 Å². The lowest BCUT2D eigenvalue weighted by Gasteiger charge is -2.25. The highest BCUT2D eigenvalue weighted by atomic mass is 16.2. The van der Waals surface area contributed by atoms with Gasteiger partial charge in [-0.05, 0) is 11.8 Å². The Balaban J connectivity index is 2.68. The average Bonchev–Trinajstić information content (AvgIpc) is 2.62. The summed E-state index contributed by atoms with van der Waals surface area (Å²) in [7, 11) is 0. The molecule has 0 bridgehead atoms. The molecule has 0 spiro atoms. The van der Waals surface area contributed by atoms with Gasteiger partial charge in [0.05, 0.1) is 5.92 Å². The van der Waals surface area contributed by atoms with Crippen molar-refractivity contribution in [3.05, 3.63) is 0 Å². The van der Waals surface area contributed by atoms with Gasteiger partial charge in [0, 0.05) is 24.8 Å². The Bertz CT molecular complexity index is 418. The largest absolute Gasteiger partial charge is 0.299 e. The Hall–Kier alpha value is -1.19. The van der Waals surface area contributed by atoms with Crippen LogP contribution in [0.5, 0.6) is 0 Å². The molecule has 1 rings (SSSR count). The minimum absolute atomic E-state index is 0.111. The molecule has 0 saturated carbocycles. The van der Waals surface area contributed by atoms with Crippen LogP contribution in [0.3, 0.4) is 0 Å². The first kappa shape index (κ1) is 16.9. The minimum Gasteiger partial charge on any atom is -0.299 e. The molecule has 0 aromatic heterocycles. The molecule has 0 aliphatic carbocycles. The van der Waals surface area contributed by atoms with E-state index in [1.807, 2.05) is 41.5 Å². The second-order valence-electron chi connectivity index (χ2n) is 7.42. The van der Waals surface area contributed by atoms with Gasteiger partial charge < -0.3 is 0 Å². The molecule has 0 N–H and O–H groups in total. The third kappa shape index (κ3) is 3.47. The Morgan fingerprint density at radius 3 is 2.15 bits per heavy atom. The predicted molar refractivity (Wildman–Crippen MR) is 78.0 cm³/mol. The maximum absolute atomic E-state index is 12.3. The molecule has 1 heterocycles. The normalized spacial score (nSPS) is 20.7. The number of carbonyl (C=O) groups excluding carboxylic acids is 3. The van der Waals surface area contributed by atoms with Crippen molar-refractivity contribution in [2.24, 2.45) is 16.7 Å². The zero-order valence-corrected chi connectivity index (χ0v) is 13.6. The number of hydrogen-bond donors (Lipinski definition) is 0. The number of rotatable bonds is 5. The predicted octanol–water partition coefficient (Wildman–Crippen LogP) is 2.80. The second-order valence-corrected chi connectivity index (χ2v) is 7.42. The molecule has 0 aromatic carbocycles. The molecule has 4 heteroatoms. The summed E-state index contributed by atoms with van der Waals surface area (Å²) in [6.45, 7) is 11.9. The van der Waals surface area contributed by atoms with E-state index in [0.29, 0.717) is 0 Å². The van der Waals surface area contributed by atoms with E-state index < -0.39 is 0 Å². The van der Waals surface area contributed by atoms with Crippen LogP contribution < -0.4 is 0 Å². The number of hydrogen-bond acceptors (Lipinski definition) is 3. The SMILES string of the molecule is CCC(C)(C)C(=O)CCN1C(=O)CC(C(C)(C)C)C1=O. The average molecular weight is 281 g/mol. The van der Waals surface area contributed by atoms with Crippen molar-refractivity contribution in [1.82, 2.24) is 4.90 Å². The number of imide groups is 1. The van der Waals surface area contributed by atoms with Gasteiger partial charge in [0.2, 0.25) is 11.8 Å². The third-order valence-electron chi connectivity index (χ3n) is 4.49. The van der Waals surface area contributed by atoms with Gasteiger partial charge >= 0.3 is 0 Å². The van der Waals surface area contributed by atoms with Crippen LogP contribution >= 0.6 is 0 Å². The fourth-order valence-electron chi connectivity index (χ4n) is 2.34. The number of likely N-dealkylation sites (tertiary alicyclic amines) is 1. The van der Waals surface area contributed by atoms with Crippen LogP contribution in [-0.4, -0.2) is 29.0 Å². The summed E-state index contributed by atoms with van der Waals surface area (Å²) < 4.78 is 0. The summed E-state index contributed by atoms with van der Waals surface area (Å²) in [5.41, 5.74) is -0.594. The summed E-state index contributed by atoms with van der Waals surface area (Å²) in [4.78, 5) is 37.6. The topological polar surface area (TPSA) is 54.5 Å². The molecule has 4 nitrogen and oxygen atoms in total. The van der Waals surface area contributed by atoms with Crippen LogP contribution in [0.15, 0.2) is 0 Å². The molecule has 20 heavy (non-hydrogen) atoms. The monoisotopic (exact) mass is 281 g/mol. The maximum atomic E-state index is 12.3. The quantitative estimate of drug-likeness (QED) is 0.728. The van der Waals surface area contributed by atoms with E-state index in [1.54, 1.807) is 0 Å². The molecule has 1 unspecified atom stereocenters. The first-order valence-corrected chi connectivity index (χ1v) is 7.38. The lowest BCUT2D eigenvalue weighted by atomic mass is 9.80. The van der Waals surface area contributed by atoms with Crippen LogP contribution in [0, 0.1) is 16.7 Å². The molecule has 114 valence electrons. The van der Waals surface area contributed by atoms with Gasteiger partial charge in [-0.1, -0.05) is 41.5 Å². The van der Waals surface area contributed by atoms with Gasteiger partial charge in [-0.3, -0.25) is 19.3 Å². The molecule has 1 aliphatic rings. The van der Waals surface area contributed by atoms with Crippen molar-refractivity contribution in [3.63, 3.8) is 0 Å². The Labute approximate surface area is 121 Å². The zero-order valence-electron chi connectivity index (χ0n) is 13.6. The zero-order chi connectivity index (χ0) is 15.7. The maximum Gasteiger partial charge on any atom is 0.233 e. The van der Waals surface area contributed by atoms with Gasteiger partial charge in [0.25, 0.3) is 0 Å². The molecule has 0 radical (unpaired) electrons. The van der Waals surface area contributed by atoms with Gasteiger partial charge in [-0.15, -0.1) is 0 Å². The highest BCUT2D eigenvalue weighted by molar-refractivity contribution is 6.04. The molecular formula is C16H27NO3. The standard InChI is InChI=1S/C16H27NO3/c1-7-16(5,6)12(18)8-9-17-13(19)10-11(14(17)20)15(2,3)4/h11H,7-10H2,1-6H3. The fourth-order valence-corrected chi connectivity index (χ4v) is 2.34. The highest BCUT2D eigenvalue weighted by Gasteiger charge is 2.44. The van der Waals surface area contributed by atoms with E-state index in [4.69, 9.17) is 0 Å². The van der Waals surface area contributed by atoms with Crippen LogP contribution in [0.4, 0.5) is 0 Å². The lowest BCUT2D eigenvalue weighted by molar-refractivity contribution is -0.140. The van der Waals surface area contributed by atoms with Crippen molar-refractivity contribution < 1.29 is 14.4 Å². The summed E-state index contributed by atoms with van der Waals surface area (Å²) in [6, 6.07) is 0. The van der Waals surface area contributed by atoms with Crippen molar-refractivity contribution in [3.8, 4) is 0 Å². The number of ketones is 1. The summed E-state index contributed by atoms with van der Waals surface area (Å²) >= 11 is 0. The first-order chi connectivity index (χ1) is 9.00. The lowest BCUT2D eigenvalue weighted by Crippen LogP contribution is -2.36. The fraction of sp³-hybridized carbons (Fsp3) is 0.812. The minimum atomic E-state index is -0.380. The van der Waals surface area contributed by atoms with Gasteiger partial charge in [-0.25, -0.2) is 0 Å². The van der Waals surface area contributed by atoms with Crippen molar-refractivity contribution in [2.75, 3.05) is 6.54 Å². The Kier molecular flexibility index (Phi) is 4.78. The van der Waals surface area contributed by atoms with E-state index in [1.165, 1.54) is 4.90 Å². The molecular weight excluding hydrogens is 254 g/mol. The Morgan fingerprint density at radius 2 is 1.75 bits per heavy atom. The highest BCUT2D eigenvalue weighted by Crippen LogP contribution is 2.35. The summed E-state index contributed by atoms with van der Waals surface area (Å²) in [5, 5.41) is 0. The van der Waals surface area contributed by atoms with E-state index >= 15 is 0 Å². The van der Waals surface area contributed by atoms with E-state index in [9.17, 15) is 14.4 Å². The smallest absolute Gasteiger partial charge is 0.233 e. The molecule has 1 saturated heterocycles. The number of amides is 2. The third-order valence-corrected chi connectivity index (χ3v) is 4.49. The number of nitrogens with zero attached hydrogens (tertiary/aromatic N) is 1. The van der Waals surface area contributed by atoms with Crippen LogP contribution in [0.25, 0.3) is 0 Å². The van der Waals surface area contributed by atoms with E-state index in [2.05, 4.69) is 0 Å². The molecule has 1 atom stereocenters. The Morgan fingerprint density at radius 1 is 1.20 bits per heavy atom. The van der Waals surface area contributed by atoms with Gasteiger partial charge in [-0.2, -0.15) is 0 Å². The molecule has 1 aliphatic heterocycles. The van der Waals surface area contributed by atoms with Crippen molar-refractivity contribution in [2.45, 2.75) is 60.8 Å². The molecule has 2 amide bonds. The summed E-state index contributed by atoms with van der Waals surface area (Å²) in [6.07, 6.45) is 1.29. The summed E-state index contributed by atoms with van der Waals surface area (Å²) in [5.74, 6) is -0.411. The van der Waals surface area contributed by atoms with Gasteiger partial charge in [0.1, 0.15) is 5.78 Å². The van der Waals surface area contributed by atoms with Crippen LogP contribution in [-0.2, 0) is 14.4 Å². The van der Waals surface area contributed by atoms with Crippen LogP contribution in [0.2, 0.25) is 0 Å². The molecule has 0 aromatic rings.